The first-order valence-electron chi connectivity index (χ1n) is 6.17. The van der Waals surface area contributed by atoms with Crippen molar-refractivity contribution in [2.75, 3.05) is 13.6 Å². The first-order chi connectivity index (χ1) is 10.1. The normalized spacial score (nSPS) is 10.3. The maximum atomic E-state index is 11.8. The number of thiazole rings is 1. The van der Waals surface area contributed by atoms with E-state index in [0.29, 0.717) is 19.6 Å². The van der Waals surface area contributed by atoms with Gasteiger partial charge in [-0.1, -0.05) is 0 Å². The number of hydrogen-bond acceptors (Lipinski definition) is 5. The van der Waals surface area contributed by atoms with Gasteiger partial charge >= 0.3 is 12.0 Å². The van der Waals surface area contributed by atoms with Crippen molar-refractivity contribution in [1.82, 2.24) is 24.8 Å². The maximum Gasteiger partial charge on any atom is 0.356 e. The molecule has 0 aromatic carbocycles. The Bertz CT molecular complexity index is 610. The Labute approximate surface area is 125 Å². The molecule has 0 aliphatic heterocycles. The number of hydrogen-bond donors (Lipinski definition) is 2. The molecular formula is C12H15N5O3S. The van der Waals surface area contributed by atoms with Crippen LogP contribution >= 0.6 is 11.3 Å². The fraction of sp³-hybridized carbons (Fsp3) is 0.333. The summed E-state index contributed by atoms with van der Waals surface area (Å²) in [5, 5.41) is 13.4. The number of carbonyl (C=O) groups is 2. The molecule has 8 nitrogen and oxygen atoms in total. The first kappa shape index (κ1) is 15.0. The van der Waals surface area contributed by atoms with Crippen LogP contribution in [-0.2, 0) is 13.1 Å². The lowest BCUT2D eigenvalue weighted by molar-refractivity contribution is 0.0691. The Kier molecular flexibility index (Phi) is 4.88. The third-order valence-corrected chi connectivity index (χ3v) is 3.36. The molecule has 0 aliphatic carbocycles. The maximum absolute atomic E-state index is 11.8. The Morgan fingerprint density at radius 2 is 2.29 bits per heavy atom. The molecule has 2 amide bonds. The number of nitrogens with one attached hydrogen (secondary N) is 1. The monoisotopic (exact) mass is 309 g/mol. The highest BCUT2D eigenvalue weighted by Crippen LogP contribution is 2.04. The van der Waals surface area contributed by atoms with Gasteiger partial charge in [0.15, 0.2) is 5.69 Å². The number of amides is 2. The summed E-state index contributed by atoms with van der Waals surface area (Å²) in [6.45, 7) is 1.29. The highest BCUT2D eigenvalue weighted by atomic mass is 32.1. The van der Waals surface area contributed by atoms with Crippen LogP contribution in [-0.4, -0.2) is 50.1 Å². The van der Waals surface area contributed by atoms with E-state index in [1.165, 1.54) is 28.8 Å². The van der Waals surface area contributed by atoms with Crippen molar-refractivity contribution in [3.05, 3.63) is 34.8 Å². The number of urea groups is 1. The molecule has 9 heteroatoms. The number of imidazole rings is 1. The smallest absolute Gasteiger partial charge is 0.356 e. The molecule has 0 atom stereocenters. The van der Waals surface area contributed by atoms with Crippen molar-refractivity contribution in [3.63, 3.8) is 0 Å². The van der Waals surface area contributed by atoms with Gasteiger partial charge in [0.2, 0.25) is 0 Å². The van der Waals surface area contributed by atoms with Crippen LogP contribution in [0, 0.1) is 0 Å². The Balaban J connectivity index is 1.74. The van der Waals surface area contributed by atoms with Gasteiger partial charge in [0.05, 0.1) is 24.1 Å². The van der Waals surface area contributed by atoms with E-state index in [-0.39, 0.29) is 11.7 Å². The fourth-order valence-corrected chi connectivity index (χ4v) is 2.20. The number of carboxylic acid groups (broad SMARTS) is 1. The Morgan fingerprint density at radius 1 is 1.48 bits per heavy atom. The van der Waals surface area contributed by atoms with E-state index in [0.717, 1.165) is 5.69 Å². The minimum Gasteiger partial charge on any atom is -0.476 e. The Morgan fingerprint density at radius 3 is 2.90 bits per heavy atom. The highest BCUT2D eigenvalue weighted by molar-refractivity contribution is 7.07. The van der Waals surface area contributed by atoms with Crippen molar-refractivity contribution >= 4 is 23.3 Å². The average Bonchev–Trinajstić information content (AvgIpc) is 3.09. The number of carboxylic acids is 1. The number of rotatable bonds is 6. The fourth-order valence-electron chi connectivity index (χ4n) is 1.65. The van der Waals surface area contributed by atoms with E-state index in [1.54, 1.807) is 17.1 Å². The van der Waals surface area contributed by atoms with Crippen LogP contribution < -0.4 is 5.32 Å². The van der Waals surface area contributed by atoms with Gasteiger partial charge in [-0.25, -0.2) is 19.6 Å². The van der Waals surface area contributed by atoms with Gasteiger partial charge in [0.1, 0.15) is 0 Å². The van der Waals surface area contributed by atoms with Gasteiger partial charge in [0, 0.05) is 31.7 Å². The van der Waals surface area contributed by atoms with Crippen LogP contribution in [0.4, 0.5) is 4.79 Å². The molecular weight excluding hydrogens is 294 g/mol. The molecule has 0 saturated heterocycles. The van der Waals surface area contributed by atoms with Crippen molar-refractivity contribution in [3.8, 4) is 0 Å². The summed E-state index contributed by atoms with van der Waals surface area (Å²) in [4.78, 5) is 31.9. The van der Waals surface area contributed by atoms with Gasteiger partial charge in [-0.3, -0.25) is 0 Å². The van der Waals surface area contributed by atoms with Gasteiger partial charge in [-0.2, -0.15) is 0 Å². The molecule has 2 heterocycles. The molecule has 2 aromatic rings. The second kappa shape index (κ2) is 6.84. The minimum atomic E-state index is -1.07. The van der Waals surface area contributed by atoms with E-state index < -0.39 is 5.97 Å². The average molecular weight is 309 g/mol. The van der Waals surface area contributed by atoms with Crippen molar-refractivity contribution in [2.45, 2.75) is 13.1 Å². The molecule has 0 radical (unpaired) electrons. The largest absolute Gasteiger partial charge is 0.476 e. The molecule has 0 saturated carbocycles. The first-order valence-corrected chi connectivity index (χ1v) is 7.11. The summed E-state index contributed by atoms with van der Waals surface area (Å²) in [6, 6.07) is -0.207. The van der Waals surface area contributed by atoms with Gasteiger partial charge < -0.3 is 19.9 Å². The molecule has 0 unspecified atom stereocenters. The summed E-state index contributed by atoms with van der Waals surface area (Å²) in [6.07, 6.45) is 2.85. The summed E-state index contributed by atoms with van der Waals surface area (Å²) < 4.78 is 1.62. The third kappa shape index (κ3) is 4.28. The second-order valence-corrected chi connectivity index (χ2v) is 5.09. The van der Waals surface area contributed by atoms with Gasteiger partial charge in [-0.05, 0) is 0 Å². The number of aromatic carboxylic acids is 1. The van der Waals surface area contributed by atoms with E-state index in [1.807, 2.05) is 5.38 Å². The van der Waals surface area contributed by atoms with E-state index in [2.05, 4.69) is 15.3 Å². The summed E-state index contributed by atoms with van der Waals surface area (Å²) >= 11 is 1.49. The molecule has 0 bridgehead atoms. The van der Waals surface area contributed by atoms with E-state index in [4.69, 9.17) is 5.11 Å². The zero-order chi connectivity index (χ0) is 15.2. The van der Waals surface area contributed by atoms with Crippen LogP contribution in [0.1, 0.15) is 16.2 Å². The predicted octanol–water partition coefficient (Wildman–Crippen LogP) is 0.879. The van der Waals surface area contributed by atoms with Crippen molar-refractivity contribution < 1.29 is 14.7 Å². The molecule has 112 valence electrons. The second-order valence-electron chi connectivity index (χ2n) is 4.37. The molecule has 21 heavy (non-hydrogen) atoms. The van der Waals surface area contributed by atoms with E-state index in [9.17, 15) is 9.59 Å². The van der Waals surface area contributed by atoms with Crippen molar-refractivity contribution in [2.24, 2.45) is 0 Å². The predicted molar refractivity (Wildman–Crippen MR) is 76.2 cm³/mol. The lowest BCUT2D eigenvalue weighted by atomic mass is 10.4. The highest BCUT2D eigenvalue weighted by Gasteiger charge is 2.10. The number of aromatic nitrogens is 3. The van der Waals surface area contributed by atoms with Gasteiger partial charge in [-0.15, -0.1) is 11.3 Å². The lowest BCUT2D eigenvalue weighted by Crippen LogP contribution is -2.38. The van der Waals surface area contributed by atoms with Crippen molar-refractivity contribution in [1.29, 1.82) is 0 Å². The molecule has 0 spiro atoms. The zero-order valence-corrected chi connectivity index (χ0v) is 12.2. The molecule has 0 fully saturated rings. The van der Waals surface area contributed by atoms with Crippen LogP contribution in [0.15, 0.2) is 23.4 Å². The Hall–Kier alpha value is -2.42. The molecule has 0 aliphatic rings. The number of nitrogens with zero attached hydrogens (tertiary/aromatic N) is 4. The topological polar surface area (TPSA) is 100 Å². The van der Waals surface area contributed by atoms with Crippen LogP contribution in [0.3, 0.4) is 0 Å². The SMILES string of the molecule is CN(Cc1cscn1)C(=O)NCCn1cnc(C(=O)O)c1. The molecule has 2 N–H and O–H groups in total. The third-order valence-electron chi connectivity index (χ3n) is 2.73. The van der Waals surface area contributed by atoms with Crippen LogP contribution in [0.5, 0.6) is 0 Å². The van der Waals surface area contributed by atoms with Crippen LogP contribution in [0.2, 0.25) is 0 Å². The summed E-state index contributed by atoms with van der Waals surface area (Å²) in [5.41, 5.74) is 2.56. The summed E-state index contributed by atoms with van der Waals surface area (Å²) in [7, 11) is 1.69. The van der Waals surface area contributed by atoms with E-state index >= 15 is 0 Å². The number of carbonyl (C=O) groups excluding carboxylic acids is 1. The quantitative estimate of drug-likeness (QED) is 0.825. The lowest BCUT2D eigenvalue weighted by Gasteiger charge is -2.16. The minimum absolute atomic E-state index is 0.0121. The van der Waals surface area contributed by atoms with Gasteiger partial charge in [0.25, 0.3) is 0 Å². The van der Waals surface area contributed by atoms with Crippen LogP contribution in [0.25, 0.3) is 0 Å². The molecule has 2 rings (SSSR count). The standard InChI is InChI=1S/C12H15N5O3S/c1-16(4-9-6-21-8-15-9)12(20)13-2-3-17-5-10(11(18)19)14-7-17/h5-8H,2-4H2,1H3,(H,13,20)(H,18,19). The zero-order valence-electron chi connectivity index (χ0n) is 11.4. The molecule has 2 aromatic heterocycles. The summed E-state index contributed by atoms with van der Waals surface area (Å²) in [5.74, 6) is -1.07.